The molecule has 22 heavy (non-hydrogen) atoms. The topological polar surface area (TPSA) is 0 Å². The summed E-state index contributed by atoms with van der Waals surface area (Å²) >= 11 is 0. The van der Waals surface area contributed by atoms with Gasteiger partial charge in [-0.15, -0.1) is 0 Å². The molecule has 0 nitrogen and oxygen atoms in total. The Labute approximate surface area is 137 Å². The van der Waals surface area contributed by atoms with Gasteiger partial charge in [0.25, 0.3) is 0 Å². The monoisotopic (exact) mass is 307 g/mol. The van der Waals surface area contributed by atoms with Gasteiger partial charge in [0, 0.05) is 0 Å². The molecule has 2 aromatic rings. The van der Waals surface area contributed by atoms with Gasteiger partial charge in [-0.3, -0.25) is 0 Å². The number of benzene rings is 2. The molecule has 112 valence electrons. The van der Waals surface area contributed by atoms with Gasteiger partial charge in [-0.2, -0.15) is 0 Å². The quantitative estimate of drug-likeness (QED) is 0.425. The molecule has 0 atom stereocenters. The van der Waals surface area contributed by atoms with Crippen LogP contribution in [0.25, 0.3) is 0 Å². The third-order valence-electron chi connectivity index (χ3n) is 3.30. The van der Waals surface area contributed by atoms with Crippen molar-refractivity contribution in [3.05, 3.63) is 96.5 Å². The van der Waals surface area contributed by atoms with Crippen LogP contribution in [0.2, 0.25) is 0 Å². The summed E-state index contributed by atoms with van der Waals surface area (Å²) < 4.78 is 0. The van der Waals surface area contributed by atoms with E-state index in [-0.39, 0.29) is 10.9 Å². The Morgan fingerprint density at radius 2 is 1.36 bits per heavy atom. The highest BCUT2D eigenvalue weighted by atomic mass is 32.2. The fraction of sp³-hybridized carbons (Fsp3) is 0.143. The molecule has 0 bridgehead atoms. The third kappa shape index (κ3) is 4.51. The predicted octanol–water partition coefficient (Wildman–Crippen LogP) is 6.15. The molecule has 0 aliphatic carbocycles. The molecule has 0 radical (unpaired) electrons. The van der Waals surface area contributed by atoms with Crippen molar-refractivity contribution in [2.75, 3.05) is 0 Å². The molecule has 0 unspecified atom stereocenters. The summed E-state index contributed by atoms with van der Waals surface area (Å²) in [5.41, 5.74) is 1.16. The first-order valence-corrected chi connectivity index (χ1v) is 8.84. The molecule has 0 amide bonds. The highest BCUT2D eigenvalue weighted by Crippen LogP contribution is 2.30. The zero-order chi connectivity index (χ0) is 15.8. The molecule has 0 spiro atoms. The molecular weight excluding hydrogens is 284 g/mol. The van der Waals surface area contributed by atoms with E-state index in [9.17, 15) is 0 Å². The van der Waals surface area contributed by atoms with Gasteiger partial charge in [0.15, 0.2) is 14.7 Å². The molecule has 1 heteroatoms. The molecule has 2 aromatic carbocycles. The summed E-state index contributed by atoms with van der Waals surface area (Å²) in [5, 5.41) is 0. The SMILES string of the molecule is C=C(/C=C\C(=C)[S+](c1ccccc1)c1ccccc1)CCC. The van der Waals surface area contributed by atoms with Gasteiger partial charge >= 0.3 is 0 Å². The third-order valence-corrected chi connectivity index (χ3v) is 5.44. The highest BCUT2D eigenvalue weighted by molar-refractivity contribution is 8.00. The Bertz CT molecular complexity index is 599. The van der Waals surface area contributed by atoms with Gasteiger partial charge in [-0.25, -0.2) is 0 Å². The molecule has 0 aliphatic rings. The van der Waals surface area contributed by atoms with Crippen LogP contribution in [-0.2, 0) is 10.9 Å². The van der Waals surface area contributed by atoms with Gasteiger partial charge in [0.1, 0.15) is 0 Å². The molecule has 0 aliphatic heterocycles. The van der Waals surface area contributed by atoms with Gasteiger partial charge in [0.05, 0.1) is 10.9 Å². The maximum atomic E-state index is 4.32. The minimum Gasteiger partial charge on any atom is -0.0958 e. The standard InChI is InChI=1S/C21H23S/c1-4-11-18(2)16-17-19(3)22(20-12-7-5-8-13-20)21-14-9-6-10-15-21/h5-10,12-17H,2-4,11H2,1H3/q+1/b17-16-. The minimum absolute atomic E-state index is 0.139. The van der Waals surface area contributed by atoms with Gasteiger partial charge in [-0.1, -0.05) is 68.0 Å². The lowest BCUT2D eigenvalue weighted by atomic mass is 10.2. The summed E-state index contributed by atoms with van der Waals surface area (Å²) in [5.74, 6) is 0. The molecule has 0 aromatic heterocycles. The van der Waals surface area contributed by atoms with Crippen molar-refractivity contribution >= 4 is 10.9 Å². The Hall–Kier alpha value is -1.99. The highest BCUT2D eigenvalue weighted by Gasteiger charge is 2.27. The summed E-state index contributed by atoms with van der Waals surface area (Å²) in [7, 11) is -0.139. The van der Waals surface area contributed by atoms with Crippen LogP contribution < -0.4 is 0 Å². The summed E-state index contributed by atoms with van der Waals surface area (Å²) in [6, 6.07) is 21.2. The molecule has 0 saturated carbocycles. The van der Waals surface area contributed by atoms with Gasteiger partial charge in [-0.05, 0) is 43.3 Å². The zero-order valence-corrected chi connectivity index (χ0v) is 14.0. The average Bonchev–Trinajstić information content (AvgIpc) is 2.55. The first-order chi connectivity index (χ1) is 10.7. The van der Waals surface area contributed by atoms with Crippen LogP contribution in [0.3, 0.4) is 0 Å². The lowest BCUT2D eigenvalue weighted by Gasteiger charge is -2.07. The molecular formula is C21H23S+. The van der Waals surface area contributed by atoms with Crippen LogP contribution in [0.15, 0.2) is 106 Å². The number of allylic oxidation sites excluding steroid dienone is 3. The van der Waals surface area contributed by atoms with Crippen molar-refractivity contribution < 1.29 is 0 Å². The second-order valence-corrected chi connectivity index (χ2v) is 7.22. The Morgan fingerprint density at radius 3 is 1.82 bits per heavy atom. The van der Waals surface area contributed by atoms with Crippen LogP contribution in [-0.4, -0.2) is 0 Å². The first kappa shape index (κ1) is 16.4. The van der Waals surface area contributed by atoms with Crippen molar-refractivity contribution in [2.24, 2.45) is 0 Å². The maximum absolute atomic E-state index is 4.32. The lowest BCUT2D eigenvalue weighted by molar-refractivity contribution is 0.930. The van der Waals surface area contributed by atoms with Crippen LogP contribution in [0, 0.1) is 0 Å². The average molecular weight is 307 g/mol. The van der Waals surface area contributed by atoms with Gasteiger partial charge < -0.3 is 0 Å². The van der Waals surface area contributed by atoms with Crippen LogP contribution in [0.4, 0.5) is 0 Å². The second kappa shape index (κ2) is 8.45. The number of hydrogen-bond donors (Lipinski definition) is 0. The molecule has 2 rings (SSSR count). The number of hydrogen-bond acceptors (Lipinski definition) is 0. The molecule has 0 fully saturated rings. The van der Waals surface area contributed by atoms with Crippen LogP contribution in [0.5, 0.6) is 0 Å². The van der Waals surface area contributed by atoms with Crippen LogP contribution in [0.1, 0.15) is 19.8 Å². The Balaban J connectivity index is 2.29. The predicted molar refractivity (Wildman–Crippen MR) is 99.1 cm³/mol. The van der Waals surface area contributed by atoms with Crippen molar-refractivity contribution in [1.82, 2.24) is 0 Å². The fourth-order valence-electron chi connectivity index (χ4n) is 2.24. The Morgan fingerprint density at radius 1 is 0.864 bits per heavy atom. The second-order valence-electron chi connectivity index (χ2n) is 5.14. The Kier molecular flexibility index (Phi) is 6.29. The minimum atomic E-state index is -0.139. The lowest BCUT2D eigenvalue weighted by Crippen LogP contribution is -2.04. The van der Waals surface area contributed by atoms with E-state index in [1.54, 1.807) is 0 Å². The van der Waals surface area contributed by atoms with Crippen molar-refractivity contribution in [1.29, 1.82) is 0 Å². The van der Waals surface area contributed by atoms with E-state index in [2.05, 4.69) is 92.9 Å². The van der Waals surface area contributed by atoms with Gasteiger partial charge in [0.2, 0.25) is 0 Å². The van der Waals surface area contributed by atoms with Crippen molar-refractivity contribution in [3.63, 3.8) is 0 Å². The normalized spacial score (nSPS) is 11.0. The maximum Gasteiger partial charge on any atom is 0.166 e. The van der Waals surface area contributed by atoms with Crippen molar-refractivity contribution in [2.45, 2.75) is 29.6 Å². The van der Waals surface area contributed by atoms with E-state index >= 15 is 0 Å². The van der Waals surface area contributed by atoms with E-state index in [0.717, 1.165) is 23.3 Å². The first-order valence-electron chi connectivity index (χ1n) is 7.61. The van der Waals surface area contributed by atoms with E-state index in [4.69, 9.17) is 0 Å². The van der Waals surface area contributed by atoms with Crippen LogP contribution >= 0.6 is 0 Å². The number of rotatable bonds is 7. The summed E-state index contributed by atoms with van der Waals surface area (Å²) in [4.78, 5) is 3.71. The van der Waals surface area contributed by atoms with E-state index in [1.165, 1.54) is 9.79 Å². The van der Waals surface area contributed by atoms with E-state index < -0.39 is 0 Å². The largest absolute Gasteiger partial charge is 0.166 e. The van der Waals surface area contributed by atoms with E-state index in [1.807, 2.05) is 0 Å². The zero-order valence-electron chi connectivity index (χ0n) is 13.2. The smallest absolute Gasteiger partial charge is 0.0958 e. The summed E-state index contributed by atoms with van der Waals surface area (Å²) in [6.45, 7) is 10.6. The molecule has 0 N–H and O–H groups in total. The summed E-state index contributed by atoms with van der Waals surface area (Å²) in [6.07, 6.45) is 6.39. The molecule has 0 saturated heterocycles. The van der Waals surface area contributed by atoms with Crippen molar-refractivity contribution in [3.8, 4) is 0 Å². The fourth-order valence-corrected chi connectivity index (χ4v) is 4.18. The molecule has 0 heterocycles. The van der Waals surface area contributed by atoms with E-state index in [0.29, 0.717) is 0 Å².